The smallest absolute Gasteiger partial charge is 0.289 e. The Morgan fingerprint density at radius 2 is 1.79 bits per heavy atom. The lowest BCUT2D eigenvalue weighted by Crippen LogP contribution is -2.33. The lowest BCUT2D eigenvalue weighted by Gasteiger charge is -2.21. The number of aromatic nitrogens is 2. The average molecular weight is 551 g/mol. The Balaban J connectivity index is 1.45. The van der Waals surface area contributed by atoms with Crippen molar-refractivity contribution in [1.29, 1.82) is 0 Å². The number of imidazole rings is 1. The molecule has 4 aromatic rings. The van der Waals surface area contributed by atoms with E-state index in [9.17, 15) is 22.4 Å². The second-order valence-electron chi connectivity index (χ2n) is 9.74. The highest BCUT2D eigenvalue weighted by atomic mass is 32.2. The number of hydrogen-bond acceptors (Lipinski definition) is 6. The molecule has 0 fully saturated rings. The molecule has 1 aromatic heterocycles. The third kappa shape index (κ3) is 4.97. The number of H-pyrrole nitrogens is 1. The van der Waals surface area contributed by atoms with Gasteiger partial charge >= 0.3 is 0 Å². The Hall–Kier alpha value is -4.25. The zero-order valence-corrected chi connectivity index (χ0v) is 22.7. The van der Waals surface area contributed by atoms with Gasteiger partial charge in [-0.05, 0) is 60.0 Å². The molecule has 39 heavy (non-hydrogen) atoms. The highest BCUT2D eigenvalue weighted by Gasteiger charge is 2.26. The first kappa shape index (κ1) is 26.4. The summed E-state index contributed by atoms with van der Waals surface area (Å²) in [5, 5.41) is 0. The fraction of sp³-hybridized carbons (Fsp3) is 0.250. The standard InChI is InChI=1S/C28H27FN4O5S/c1-16-20(7-10-24(25(16)29)39(4,36)37)27(34)33-11-12-38-23-9-6-17(13-19(23)15-33)18-5-8-21-22(14-18)31-26(30-21)28(35)32(2)3/h5-10,13-14H,11-12,15H2,1-4H3,(H,30,31). The van der Waals surface area contributed by atoms with Gasteiger partial charge in [-0.3, -0.25) is 9.59 Å². The van der Waals surface area contributed by atoms with Gasteiger partial charge in [-0.1, -0.05) is 12.1 Å². The van der Waals surface area contributed by atoms with Gasteiger partial charge in [0.25, 0.3) is 11.8 Å². The summed E-state index contributed by atoms with van der Waals surface area (Å²) < 4.78 is 44.5. The SMILES string of the molecule is Cc1c(C(=O)N2CCOc3ccc(-c4ccc5nc(C(=O)N(C)C)[nH]c5c4)cc3C2)ccc(S(C)(=O)=O)c1F. The Bertz CT molecular complexity index is 1750. The molecule has 0 saturated carbocycles. The second-order valence-corrected chi connectivity index (χ2v) is 11.7. The predicted octanol–water partition coefficient (Wildman–Crippen LogP) is 3.82. The highest BCUT2D eigenvalue weighted by molar-refractivity contribution is 7.90. The molecule has 1 N–H and O–H groups in total. The van der Waals surface area contributed by atoms with Crippen molar-refractivity contribution in [2.75, 3.05) is 33.5 Å². The van der Waals surface area contributed by atoms with Crippen LogP contribution in [0.4, 0.5) is 4.39 Å². The number of fused-ring (bicyclic) bond motifs is 2. The van der Waals surface area contributed by atoms with Gasteiger partial charge in [-0.25, -0.2) is 17.8 Å². The number of carbonyl (C=O) groups excluding carboxylic acids is 2. The van der Waals surface area contributed by atoms with Crippen molar-refractivity contribution in [3.8, 4) is 16.9 Å². The van der Waals surface area contributed by atoms with E-state index < -0.39 is 26.5 Å². The molecule has 1 aliphatic rings. The van der Waals surface area contributed by atoms with E-state index in [1.807, 2.05) is 36.4 Å². The number of nitrogens with one attached hydrogen (secondary N) is 1. The van der Waals surface area contributed by atoms with E-state index in [0.29, 0.717) is 11.3 Å². The minimum Gasteiger partial charge on any atom is -0.491 e. The molecule has 0 aliphatic carbocycles. The van der Waals surface area contributed by atoms with Crippen molar-refractivity contribution in [3.05, 3.63) is 76.9 Å². The predicted molar refractivity (Wildman–Crippen MR) is 144 cm³/mol. The molecule has 3 aromatic carbocycles. The molecule has 202 valence electrons. The van der Waals surface area contributed by atoms with Gasteiger partial charge in [0.1, 0.15) is 23.1 Å². The summed E-state index contributed by atoms with van der Waals surface area (Å²) in [7, 11) is -0.442. The summed E-state index contributed by atoms with van der Waals surface area (Å²) in [6, 6.07) is 13.8. The Morgan fingerprint density at radius 3 is 2.51 bits per heavy atom. The number of ether oxygens (including phenoxy) is 1. The van der Waals surface area contributed by atoms with Crippen LogP contribution in [-0.2, 0) is 16.4 Å². The summed E-state index contributed by atoms with van der Waals surface area (Å²) >= 11 is 0. The fourth-order valence-electron chi connectivity index (χ4n) is 4.60. The van der Waals surface area contributed by atoms with Gasteiger partial charge < -0.3 is 19.5 Å². The fourth-order valence-corrected chi connectivity index (χ4v) is 5.39. The second kappa shape index (κ2) is 9.81. The summed E-state index contributed by atoms with van der Waals surface area (Å²) in [5.74, 6) is -0.647. The maximum atomic E-state index is 14.8. The monoisotopic (exact) mass is 550 g/mol. The average Bonchev–Trinajstić information content (AvgIpc) is 3.20. The first-order chi connectivity index (χ1) is 18.4. The van der Waals surface area contributed by atoms with Crippen LogP contribution in [0.25, 0.3) is 22.2 Å². The van der Waals surface area contributed by atoms with E-state index in [1.54, 1.807) is 19.0 Å². The van der Waals surface area contributed by atoms with Crippen molar-refractivity contribution < 1.29 is 27.1 Å². The van der Waals surface area contributed by atoms with E-state index in [-0.39, 0.29) is 42.6 Å². The Morgan fingerprint density at radius 1 is 1.08 bits per heavy atom. The van der Waals surface area contributed by atoms with Crippen molar-refractivity contribution in [3.63, 3.8) is 0 Å². The lowest BCUT2D eigenvalue weighted by molar-refractivity contribution is 0.0731. The summed E-state index contributed by atoms with van der Waals surface area (Å²) in [6.07, 6.45) is 0.930. The van der Waals surface area contributed by atoms with Crippen LogP contribution in [-0.4, -0.2) is 73.5 Å². The number of rotatable bonds is 4. The number of aromatic amines is 1. The van der Waals surface area contributed by atoms with Crippen molar-refractivity contribution in [1.82, 2.24) is 19.8 Å². The largest absolute Gasteiger partial charge is 0.491 e. The minimum atomic E-state index is -3.77. The molecule has 0 bridgehead atoms. The van der Waals surface area contributed by atoms with Crippen LogP contribution >= 0.6 is 0 Å². The first-order valence-corrected chi connectivity index (χ1v) is 14.1. The maximum absolute atomic E-state index is 14.8. The number of nitrogens with zero attached hydrogens (tertiary/aromatic N) is 3. The van der Waals surface area contributed by atoms with Crippen LogP contribution in [0.5, 0.6) is 5.75 Å². The molecular weight excluding hydrogens is 523 g/mol. The minimum absolute atomic E-state index is 0.0120. The lowest BCUT2D eigenvalue weighted by atomic mass is 10.0. The molecule has 0 atom stereocenters. The van der Waals surface area contributed by atoms with Crippen LogP contribution in [0.2, 0.25) is 0 Å². The third-order valence-corrected chi connectivity index (χ3v) is 7.85. The number of sulfone groups is 1. The summed E-state index contributed by atoms with van der Waals surface area (Å²) in [5.41, 5.74) is 4.02. The van der Waals surface area contributed by atoms with E-state index >= 15 is 0 Å². The molecule has 11 heteroatoms. The molecule has 0 saturated heterocycles. The van der Waals surface area contributed by atoms with Crippen LogP contribution in [0.3, 0.4) is 0 Å². The van der Waals surface area contributed by atoms with Crippen molar-refractivity contribution in [2.45, 2.75) is 18.4 Å². The van der Waals surface area contributed by atoms with E-state index in [0.717, 1.165) is 34.5 Å². The molecule has 5 rings (SSSR count). The van der Waals surface area contributed by atoms with Gasteiger partial charge in [0.05, 0.1) is 17.6 Å². The molecule has 2 heterocycles. The van der Waals surface area contributed by atoms with Crippen molar-refractivity contribution in [2.24, 2.45) is 0 Å². The normalized spacial score (nSPS) is 13.5. The van der Waals surface area contributed by atoms with Gasteiger partial charge in [-0.15, -0.1) is 0 Å². The van der Waals surface area contributed by atoms with Gasteiger partial charge in [0.15, 0.2) is 15.7 Å². The molecule has 9 nitrogen and oxygen atoms in total. The molecule has 0 spiro atoms. The molecular formula is C28H27FN4O5S. The molecule has 1 aliphatic heterocycles. The van der Waals surface area contributed by atoms with Crippen LogP contribution in [0.1, 0.15) is 32.1 Å². The highest BCUT2D eigenvalue weighted by Crippen LogP contribution is 2.32. The van der Waals surface area contributed by atoms with E-state index in [4.69, 9.17) is 4.74 Å². The van der Waals surface area contributed by atoms with Gasteiger partial charge in [0, 0.05) is 38.0 Å². The van der Waals surface area contributed by atoms with E-state index in [2.05, 4.69) is 9.97 Å². The molecule has 2 amide bonds. The summed E-state index contributed by atoms with van der Waals surface area (Å²) in [4.78, 5) is 35.7. The van der Waals surface area contributed by atoms with Crippen LogP contribution in [0, 0.1) is 12.7 Å². The Labute approximate surface area is 225 Å². The number of carbonyl (C=O) groups is 2. The van der Waals surface area contributed by atoms with E-state index in [1.165, 1.54) is 17.9 Å². The van der Waals surface area contributed by atoms with Crippen LogP contribution in [0.15, 0.2) is 53.4 Å². The zero-order chi connectivity index (χ0) is 28.1. The topological polar surface area (TPSA) is 113 Å². The number of halogens is 1. The number of amides is 2. The number of benzene rings is 3. The van der Waals surface area contributed by atoms with Crippen LogP contribution < -0.4 is 4.74 Å². The molecule has 0 unspecified atom stereocenters. The third-order valence-electron chi connectivity index (χ3n) is 6.73. The zero-order valence-electron chi connectivity index (χ0n) is 21.9. The molecule has 0 radical (unpaired) electrons. The number of hydrogen-bond donors (Lipinski definition) is 1. The van der Waals surface area contributed by atoms with Gasteiger partial charge in [-0.2, -0.15) is 0 Å². The first-order valence-electron chi connectivity index (χ1n) is 12.2. The van der Waals surface area contributed by atoms with Gasteiger partial charge in [0.2, 0.25) is 0 Å². The quantitative estimate of drug-likeness (QED) is 0.414. The van der Waals surface area contributed by atoms with Crippen molar-refractivity contribution >= 4 is 32.7 Å². The Kier molecular flexibility index (Phi) is 6.63. The summed E-state index contributed by atoms with van der Waals surface area (Å²) in [6.45, 7) is 2.16. The maximum Gasteiger partial charge on any atom is 0.289 e.